The van der Waals surface area contributed by atoms with E-state index in [0.29, 0.717) is 11.2 Å². The minimum atomic E-state index is -3.74. The van der Waals surface area contributed by atoms with Crippen molar-refractivity contribution in [2.45, 2.75) is 11.8 Å². The maximum atomic E-state index is 12.8. The second-order valence-corrected chi connectivity index (χ2v) is 7.33. The van der Waals surface area contributed by atoms with E-state index in [1.165, 1.54) is 28.1 Å². The fourth-order valence-corrected chi connectivity index (χ4v) is 3.54. The van der Waals surface area contributed by atoms with Crippen molar-refractivity contribution < 1.29 is 12.8 Å². The zero-order chi connectivity index (χ0) is 16.8. The Kier molecular flexibility index (Phi) is 3.52. The molecule has 1 heterocycles. The first-order valence-corrected chi connectivity index (χ1v) is 8.40. The van der Waals surface area contributed by atoms with Gasteiger partial charge in [-0.05, 0) is 31.2 Å². The summed E-state index contributed by atoms with van der Waals surface area (Å²) in [5.74, 6) is -0.526. The largest absolute Gasteiger partial charge is 0.419 e. The molecule has 0 saturated heterocycles. The predicted octanol–water partition coefficient (Wildman–Crippen LogP) is 2.27. The van der Waals surface area contributed by atoms with Crippen LogP contribution in [-0.4, -0.2) is 20.0 Å². The van der Waals surface area contributed by atoms with Gasteiger partial charge in [-0.25, -0.2) is 13.2 Å². The summed E-state index contributed by atoms with van der Waals surface area (Å²) in [5.41, 5.74) is 2.40. The van der Waals surface area contributed by atoms with Crippen LogP contribution in [0.1, 0.15) is 5.56 Å². The lowest BCUT2D eigenvalue weighted by molar-refractivity contribution is 0.527. The highest BCUT2D eigenvalue weighted by atomic mass is 32.2. The number of aryl methyl sites for hydroxylation is 2. The third-order valence-electron chi connectivity index (χ3n) is 3.82. The van der Waals surface area contributed by atoms with E-state index in [9.17, 15) is 13.2 Å². The number of anilines is 1. The molecule has 23 heavy (non-hydrogen) atoms. The number of benzene rings is 2. The summed E-state index contributed by atoms with van der Waals surface area (Å²) in [6, 6.07) is 11.6. The number of sulfonamides is 1. The molecule has 2 aromatic carbocycles. The van der Waals surface area contributed by atoms with Crippen molar-refractivity contribution in [2.75, 3.05) is 11.4 Å². The van der Waals surface area contributed by atoms with Crippen LogP contribution in [0, 0.1) is 6.92 Å². The fraction of sp³-hybridized carbons (Fsp3) is 0.188. The monoisotopic (exact) mass is 332 g/mol. The van der Waals surface area contributed by atoms with Crippen LogP contribution in [0.15, 0.2) is 56.6 Å². The maximum absolute atomic E-state index is 12.8. The van der Waals surface area contributed by atoms with Crippen LogP contribution < -0.4 is 10.1 Å². The predicted molar refractivity (Wildman–Crippen MR) is 88.2 cm³/mol. The highest BCUT2D eigenvalue weighted by molar-refractivity contribution is 7.92. The summed E-state index contributed by atoms with van der Waals surface area (Å²) in [5, 5.41) is 0. The molecule has 0 unspecified atom stereocenters. The smallest absolute Gasteiger partial charge is 0.408 e. The number of oxazole rings is 1. The van der Waals surface area contributed by atoms with Gasteiger partial charge in [0.25, 0.3) is 10.0 Å². The van der Waals surface area contributed by atoms with Crippen LogP contribution in [-0.2, 0) is 17.1 Å². The van der Waals surface area contributed by atoms with E-state index in [1.807, 2.05) is 19.1 Å². The van der Waals surface area contributed by atoms with Gasteiger partial charge in [0.1, 0.15) is 0 Å². The highest BCUT2D eigenvalue weighted by Crippen LogP contribution is 2.24. The molecular formula is C16H16N2O4S. The van der Waals surface area contributed by atoms with Crippen molar-refractivity contribution in [1.82, 2.24) is 4.57 Å². The second-order valence-electron chi connectivity index (χ2n) is 5.36. The SMILES string of the molecule is Cc1ccc(N(C)S(=O)(=O)c2ccc3c(c2)oc(=O)n3C)cc1. The van der Waals surface area contributed by atoms with Gasteiger partial charge in [-0.1, -0.05) is 17.7 Å². The van der Waals surface area contributed by atoms with Gasteiger partial charge >= 0.3 is 5.76 Å². The molecule has 0 spiro atoms. The van der Waals surface area contributed by atoms with Crippen LogP contribution in [0.5, 0.6) is 0 Å². The summed E-state index contributed by atoms with van der Waals surface area (Å²) >= 11 is 0. The van der Waals surface area contributed by atoms with Gasteiger partial charge in [-0.3, -0.25) is 8.87 Å². The lowest BCUT2D eigenvalue weighted by atomic mass is 10.2. The molecule has 0 saturated carbocycles. The minimum absolute atomic E-state index is 0.0717. The molecule has 1 aromatic heterocycles. The molecular weight excluding hydrogens is 316 g/mol. The highest BCUT2D eigenvalue weighted by Gasteiger charge is 2.22. The summed E-state index contributed by atoms with van der Waals surface area (Å²) in [4.78, 5) is 11.6. The first-order chi connectivity index (χ1) is 10.8. The molecule has 0 radical (unpaired) electrons. The topological polar surface area (TPSA) is 72.5 Å². The number of rotatable bonds is 3. The molecule has 0 aliphatic heterocycles. The summed E-state index contributed by atoms with van der Waals surface area (Å²) in [6.45, 7) is 1.93. The Balaban J connectivity index is 2.08. The standard InChI is InChI=1S/C16H16N2O4S/c1-11-4-6-12(7-5-11)18(3)23(20,21)13-8-9-14-15(10-13)22-16(19)17(14)2/h4-10H,1-3H3. The molecule has 0 aliphatic carbocycles. The Labute approximate surface area is 133 Å². The van der Waals surface area contributed by atoms with Crippen molar-refractivity contribution in [2.24, 2.45) is 7.05 Å². The Morgan fingerprint density at radius 1 is 1.09 bits per heavy atom. The summed E-state index contributed by atoms with van der Waals surface area (Å²) in [7, 11) is -0.676. The van der Waals surface area contributed by atoms with Crippen molar-refractivity contribution in [1.29, 1.82) is 0 Å². The number of nitrogens with zero attached hydrogens (tertiary/aromatic N) is 2. The molecule has 120 valence electrons. The van der Waals surface area contributed by atoms with E-state index in [1.54, 1.807) is 25.2 Å². The van der Waals surface area contributed by atoms with Crippen LogP contribution in [0.2, 0.25) is 0 Å². The molecule has 0 bridgehead atoms. The van der Waals surface area contributed by atoms with Gasteiger partial charge in [0.2, 0.25) is 0 Å². The Hall–Kier alpha value is -2.54. The van der Waals surface area contributed by atoms with Crippen LogP contribution in [0.3, 0.4) is 0 Å². The molecule has 3 rings (SSSR count). The Bertz CT molecular complexity index is 1030. The van der Waals surface area contributed by atoms with Gasteiger partial charge in [0.05, 0.1) is 16.1 Å². The zero-order valence-electron chi connectivity index (χ0n) is 13.0. The first kappa shape index (κ1) is 15.4. The van der Waals surface area contributed by atoms with Gasteiger partial charge in [-0.15, -0.1) is 0 Å². The molecule has 7 heteroatoms. The van der Waals surface area contributed by atoms with E-state index < -0.39 is 15.8 Å². The number of hydrogen-bond acceptors (Lipinski definition) is 4. The lowest BCUT2D eigenvalue weighted by Gasteiger charge is -2.19. The molecule has 0 fully saturated rings. The summed E-state index contributed by atoms with van der Waals surface area (Å²) in [6.07, 6.45) is 0. The number of fused-ring (bicyclic) bond motifs is 1. The van der Waals surface area contributed by atoms with Crippen LogP contribution in [0.25, 0.3) is 11.1 Å². The fourth-order valence-electron chi connectivity index (χ4n) is 2.33. The average Bonchev–Trinajstić information content (AvgIpc) is 2.81. The van der Waals surface area contributed by atoms with Gasteiger partial charge < -0.3 is 4.42 Å². The van der Waals surface area contributed by atoms with E-state index in [0.717, 1.165) is 5.56 Å². The van der Waals surface area contributed by atoms with E-state index in [2.05, 4.69) is 0 Å². The van der Waals surface area contributed by atoms with Gasteiger partial charge in [-0.2, -0.15) is 0 Å². The lowest BCUT2D eigenvalue weighted by Crippen LogP contribution is -2.26. The molecule has 6 nitrogen and oxygen atoms in total. The zero-order valence-corrected chi connectivity index (χ0v) is 13.8. The molecule has 0 atom stereocenters. The third kappa shape index (κ3) is 2.53. The molecule has 0 N–H and O–H groups in total. The average molecular weight is 332 g/mol. The Morgan fingerprint density at radius 3 is 2.39 bits per heavy atom. The molecule has 0 aliphatic rings. The van der Waals surface area contributed by atoms with Crippen LogP contribution >= 0.6 is 0 Å². The number of aromatic nitrogens is 1. The summed E-state index contributed by atoms with van der Waals surface area (Å²) < 4.78 is 33.1. The molecule has 3 aromatic rings. The minimum Gasteiger partial charge on any atom is -0.408 e. The quantitative estimate of drug-likeness (QED) is 0.737. The van der Waals surface area contributed by atoms with E-state index >= 15 is 0 Å². The number of hydrogen-bond donors (Lipinski definition) is 0. The van der Waals surface area contributed by atoms with Gasteiger partial charge in [0, 0.05) is 20.2 Å². The van der Waals surface area contributed by atoms with Gasteiger partial charge in [0.15, 0.2) is 5.58 Å². The maximum Gasteiger partial charge on any atom is 0.419 e. The van der Waals surface area contributed by atoms with E-state index in [4.69, 9.17) is 4.42 Å². The third-order valence-corrected chi connectivity index (χ3v) is 5.60. The van der Waals surface area contributed by atoms with Crippen molar-refractivity contribution >= 4 is 26.8 Å². The van der Waals surface area contributed by atoms with E-state index in [-0.39, 0.29) is 10.5 Å². The second kappa shape index (κ2) is 5.27. The van der Waals surface area contributed by atoms with Crippen molar-refractivity contribution in [3.8, 4) is 0 Å². The van der Waals surface area contributed by atoms with Crippen LogP contribution in [0.4, 0.5) is 5.69 Å². The molecule has 0 amide bonds. The normalized spacial score (nSPS) is 11.8. The Morgan fingerprint density at radius 2 is 1.74 bits per heavy atom. The van der Waals surface area contributed by atoms with Crippen molar-refractivity contribution in [3.05, 3.63) is 58.6 Å². The first-order valence-electron chi connectivity index (χ1n) is 6.96. The van der Waals surface area contributed by atoms with Crippen molar-refractivity contribution in [3.63, 3.8) is 0 Å².